The fourth-order valence-corrected chi connectivity index (χ4v) is 3.06. The summed E-state index contributed by atoms with van der Waals surface area (Å²) in [6.45, 7) is 1.84. The summed E-state index contributed by atoms with van der Waals surface area (Å²) in [5.41, 5.74) is 1.61. The van der Waals surface area contributed by atoms with Gasteiger partial charge in [0.05, 0.1) is 20.3 Å². The van der Waals surface area contributed by atoms with Gasteiger partial charge in [-0.05, 0) is 47.5 Å². The molecule has 30 heavy (non-hydrogen) atoms. The molecule has 6 nitrogen and oxygen atoms in total. The van der Waals surface area contributed by atoms with E-state index in [-0.39, 0.29) is 11.6 Å². The minimum Gasteiger partial charge on any atom is -0.493 e. The highest BCUT2D eigenvalue weighted by molar-refractivity contribution is 5.98. The van der Waals surface area contributed by atoms with Gasteiger partial charge in [-0.1, -0.05) is 36.4 Å². The van der Waals surface area contributed by atoms with Gasteiger partial charge in [0.25, 0.3) is 5.91 Å². The molecule has 3 aromatic carbocycles. The van der Waals surface area contributed by atoms with Crippen LogP contribution in [0.4, 0.5) is 5.69 Å². The van der Waals surface area contributed by atoms with Gasteiger partial charge in [-0.15, -0.1) is 0 Å². The van der Waals surface area contributed by atoms with Gasteiger partial charge in [-0.25, -0.2) is 0 Å². The second kappa shape index (κ2) is 9.48. The normalized spacial score (nSPS) is 12.0. The maximum Gasteiger partial charge on any atom is 0.263 e. The summed E-state index contributed by atoms with van der Waals surface area (Å²) in [5, 5.41) is 17.5. The van der Waals surface area contributed by atoms with Crippen LogP contribution in [0.5, 0.6) is 11.5 Å². The number of nitrogens with zero attached hydrogens (tertiary/aromatic N) is 1. The fourth-order valence-electron chi connectivity index (χ4n) is 3.06. The number of rotatable bonds is 7. The molecule has 0 fully saturated rings. The summed E-state index contributed by atoms with van der Waals surface area (Å²) in [6, 6.07) is 20.9. The first-order valence-corrected chi connectivity index (χ1v) is 9.44. The van der Waals surface area contributed by atoms with Crippen molar-refractivity contribution in [1.82, 2.24) is 5.32 Å². The second-order valence-corrected chi connectivity index (χ2v) is 6.69. The van der Waals surface area contributed by atoms with Gasteiger partial charge in [-0.3, -0.25) is 4.79 Å². The molecule has 1 unspecified atom stereocenters. The molecule has 0 spiro atoms. The molecular formula is C24H23N3O3. The lowest BCUT2D eigenvalue weighted by Gasteiger charge is -2.16. The Morgan fingerprint density at radius 1 is 1.00 bits per heavy atom. The molecule has 0 saturated carbocycles. The number of anilines is 1. The first kappa shape index (κ1) is 20.7. The lowest BCUT2D eigenvalue weighted by molar-refractivity contribution is -0.117. The molecule has 0 bridgehead atoms. The number of carbonyl (C=O) groups excluding carboxylic acids is 1. The number of carbonyl (C=O) groups is 1. The molecule has 0 aliphatic rings. The minimum atomic E-state index is -0.465. The zero-order valence-electron chi connectivity index (χ0n) is 17.1. The second-order valence-electron chi connectivity index (χ2n) is 6.69. The summed E-state index contributed by atoms with van der Waals surface area (Å²) >= 11 is 0. The van der Waals surface area contributed by atoms with Crippen LogP contribution in [-0.2, 0) is 4.79 Å². The first-order chi connectivity index (χ1) is 14.5. The van der Waals surface area contributed by atoms with E-state index >= 15 is 0 Å². The molecule has 1 amide bonds. The van der Waals surface area contributed by atoms with Crippen molar-refractivity contribution >= 4 is 22.4 Å². The van der Waals surface area contributed by atoms with Crippen molar-refractivity contribution in [2.24, 2.45) is 0 Å². The third-order valence-electron chi connectivity index (χ3n) is 4.75. The van der Waals surface area contributed by atoms with Crippen molar-refractivity contribution < 1.29 is 14.3 Å². The van der Waals surface area contributed by atoms with E-state index in [1.165, 1.54) is 6.20 Å². The predicted octanol–water partition coefficient (Wildman–Crippen LogP) is 4.55. The number of nitriles is 1. The zero-order chi connectivity index (χ0) is 21.5. The van der Waals surface area contributed by atoms with Crippen molar-refractivity contribution in [2.45, 2.75) is 13.0 Å². The average molecular weight is 401 g/mol. The molecule has 3 rings (SSSR count). The maximum absolute atomic E-state index is 12.6. The van der Waals surface area contributed by atoms with Crippen molar-refractivity contribution in [3.63, 3.8) is 0 Å². The van der Waals surface area contributed by atoms with E-state index in [2.05, 4.69) is 10.6 Å². The Balaban J connectivity index is 1.71. The summed E-state index contributed by atoms with van der Waals surface area (Å²) in [6.07, 6.45) is 1.42. The maximum atomic E-state index is 12.6. The molecule has 1 atom stereocenters. The molecule has 0 aliphatic heterocycles. The van der Waals surface area contributed by atoms with Gasteiger partial charge in [0, 0.05) is 11.9 Å². The zero-order valence-corrected chi connectivity index (χ0v) is 17.1. The highest BCUT2D eigenvalue weighted by Crippen LogP contribution is 2.30. The van der Waals surface area contributed by atoms with Crippen LogP contribution in [-0.4, -0.2) is 20.1 Å². The van der Waals surface area contributed by atoms with E-state index in [1.807, 2.05) is 61.5 Å². The van der Waals surface area contributed by atoms with Gasteiger partial charge < -0.3 is 20.1 Å². The third kappa shape index (κ3) is 4.70. The Labute approximate surface area is 175 Å². The summed E-state index contributed by atoms with van der Waals surface area (Å²) in [7, 11) is 3.12. The average Bonchev–Trinajstić information content (AvgIpc) is 2.78. The van der Waals surface area contributed by atoms with Gasteiger partial charge >= 0.3 is 0 Å². The number of hydrogen-bond acceptors (Lipinski definition) is 5. The third-order valence-corrected chi connectivity index (χ3v) is 4.75. The molecule has 3 aromatic rings. The molecule has 2 N–H and O–H groups in total. The Morgan fingerprint density at radius 2 is 1.73 bits per heavy atom. The smallest absolute Gasteiger partial charge is 0.263 e. The topological polar surface area (TPSA) is 83.4 Å². The number of benzene rings is 3. The molecule has 6 heteroatoms. The van der Waals surface area contributed by atoms with Crippen molar-refractivity contribution in [1.29, 1.82) is 5.26 Å². The van der Waals surface area contributed by atoms with E-state index in [1.54, 1.807) is 26.4 Å². The minimum absolute atomic E-state index is 0.0181. The summed E-state index contributed by atoms with van der Waals surface area (Å²) < 4.78 is 10.5. The van der Waals surface area contributed by atoms with Crippen molar-refractivity contribution in [2.75, 3.05) is 19.5 Å². The van der Waals surface area contributed by atoms with Crippen LogP contribution in [0.1, 0.15) is 18.5 Å². The van der Waals surface area contributed by atoms with Crippen LogP contribution in [0.3, 0.4) is 0 Å². The van der Waals surface area contributed by atoms with Crippen LogP contribution in [0, 0.1) is 11.3 Å². The fraction of sp³-hybridized carbons (Fsp3) is 0.167. The summed E-state index contributed by atoms with van der Waals surface area (Å²) in [5.74, 6) is 0.718. The van der Waals surface area contributed by atoms with Crippen LogP contribution in [0.25, 0.3) is 10.8 Å². The molecule has 0 aliphatic carbocycles. The Bertz CT molecular complexity index is 1130. The molecule has 0 radical (unpaired) electrons. The van der Waals surface area contributed by atoms with Crippen LogP contribution in [0.2, 0.25) is 0 Å². The Hall–Kier alpha value is -3.98. The standard InChI is InChI=1S/C24H23N3O3/c1-16(18-9-11-22(29-2)23(13-18)30-3)27-24(28)20(14-25)15-26-21-10-8-17-6-4-5-7-19(17)12-21/h4-13,15-16,26H,1-3H3,(H,27,28)/b20-15-. The van der Waals surface area contributed by atoms with Gasteiger partial charge in [0.15, 0.2) is 11.5 Å². The molecule has 0 heterocycles. The number of hydrogen-bond donors (Lipinski definition) is 2. The highest BCUT2D eigenvalue weighted by atomic mass is 16.5. The van der Waals surface area contributed by atoms with Crippen LogP contribution in [0.15, 0.2) is 72.4 Å². The van der Waals surface area contributed by atoms with Crippen LogP contribution < -0.4 is 20.1 Å². The van der Waals surface area contributed by atoms with E-state index in [4.69, 9.17) is 9.47 Å². The molecule has 0 saturated heterocycles. The number of nitrogens with one attached hydrogen (secondary N) is 2. The predicted molar refractivity (Wildman–Crippen MR) is 117 cm³/mol. The van der Waals surface area contributed by atoms with Crippen LogP contribution >= 0.6 is 0 Å². The quantitative estimate of drug-likeness (QED) is 0.448. The lowest BCUT2D eigenvalue weighted by Crippen LogP contribution is -2.28. The molecule has 152 valence electrons. The lowest BCUT2D eigenvalue weighted by atomic mass is 10.1. The van der Waals surface area contributed by atoms with Gasteiger partial charge in [0.2, 0.25) is 0 Å². The molecule has 0 aromatic heterocycles. The Morgan fingerprint density at radius 3 is 2.43 bits per heavy atom. The van der Waals surface area contributed by atoms with Crippen molar-refractivity contribution in [3.8, 4) is 17.6 Å². The van der Waals surface area contributed by atoms with Gasteiger partial charge in [-0.2, -0.15) is 5.26 Å². The monoisotopic (exact) mass is 401 g/mol. The van der Waals surface area contributed by atoms with E-state index < -0.39 is 5.91 Å². The SMILES string of the molecule is COc1ccc(C(C)NC(=O)/C(C#N)=C\Nc2ccc3ccccc3c2)cc1OC. The number of fused-ring (bicyclic) bond motifs is 1. The molecular weight excluding hydrogens is 378 g/mol. The largest absolute Gasteiger partial charge is 0.493 e. The van der Waals surface area contributed by atoms with E-state index in [0.29, 0.717) is 11.5 Å². The summed E-state index contributed by atoms with van der Waals surface area (Å²) in [4.78, 5) is 12.6. The number of ether oxygens (including phenoxy) is 2. The van der Waals surface area contributed by atoms with E-state index in [9.17, 15) is 10.1 Å². The first-order valence-electron chi connectivity index (χ1n) is 9.44. The van der Waals surface area contributed by atoms with E-state index in [0.717, 1.165) is 22.0 Å². The number of methoxy groups -OCH3 is 2. The highest BCUT2D eigenvalue weighted by Gasteiger charge is 2.15. The van der Waals surface area contributed by atoms with Gasteiger partial charge in [0.1, 0.15) is 11.6 Å². The Kier molecular flexibility index (Phi) is 6.56. The van der Waals surface area contributed by atoms with Crippen molar-refractivity contribution in [3.05, 3.63) is 78.0 Å². The number of amides is 1.